The Balaban J connectivity index is 2.06. The number of rotatable bonds is 2. The van der Waals surface area contributed by atoms with Gasteiger partial charge in [0.05, 0.1) is 5.69 Å². The average molecular weight is 248 g/mol. The minimum atomic E-state index is 1.02. The smallest absolute Gasteiger partial charge is 0.144 e. The highest BCUT2D eigenvalue weighted by molar-refractivity contribution is 5.76. The highest BCUT2D eigenvalue weighted by Crippen LogP contribution is 2.17. The van der Waals surface area contributed by atoms with E-state index >= 15 is 0 Å². The summed E-state index contributed by atoms with van der Waals surface area (Å²) < 4.78 is 2.14. The molecule has 1 aromatic carbocycles. The number of hydrogen-bond acceptors (Lipinski definition) is 1. The molecule has 0 bridgehead atoms. The lowest BCUT2D eigenvalue weighted by Crippen LogP contribution is -1.88. The van der Waals surface area contributed by atoms with Gasteiger partial charge in [0.2, 0.25) is 0 Å². The fourth-order valence-corrected chi connectivity index (χ4v) is 2.20. The third kappa shape index (κ3) is 2.17. The predicted molar refractivity (Wildman–Crippen MR) is 80.0 cm³/mol. The van der Waals surface area contributed by atoms with Crippen LogP contribution in [0.25, 0.3) is 17.8 Å². The molecule has 3 rings (SSSR count). The Morgan fingerprint density at radius 2 is 1.74 bits per heavy atom. The molecule has 0 aliphatic carbocycles. The first kappa shape index (κ1) is 11.7. The number of benzene rings is 1. The first-order valence-corrected chi connectivity index (χ1v) is 6.43. The fraction of sp³-hybridized carbons (Fsp3) is 0.118. The average Bonchev–Trinajstić information content (AvgIpc) is 2.74. The minimum Gasteiger partial charge on any atom is -0.304 e. The van der Waals surface area contributed by atoms with Gasteiger partial charge in [-0.3, -0.25) is 0 Å². The van der Waals surface area contributed by atoms with Crippen LogP contribution in [0.5, 0.6) is 0 Å². The molecule has 0 N–H and O–H groups in total. The highest BCUT2D eigenvalue weighted by Gasteiger charge is 2.05. The summed E-state index contributed by atoms with van der Waals surface area (Å²) in [6.07, 6.45) is 6.30. The lowest BCUT2D eigenvalue weighted by Gasteiger charge is -1.99. The molecule has 0 aliphatic heterocycles. The number of imidazole rings is 1. The van der Waals surface area contributed by atoms with Crippen molar-refractivity contribution < 1.29 is 0 Å². The Hall–Kier alpha value is -2.35. The maximum atomic E-state index is 4.64. The van der Waals surface area contributed by atoms with Crippen molar-refractivity contribution >= 4 is 17.8 Å². The molecule has 2 nitrogen and oxygen atoms in total. The first-order chi connectivity index (χ1) is 9.25. The van der Waals surface area contributed by atoms with E-state index in [2.05, 4.69) is 58.9 Å². The number of fused-ring (bicyclic) bond motifs is 1. The zero-order valence-electron chi connectivity index (χ0n) is 11.2. The zero-order valence-corrected chi connectivity index (χ0v) is 11.2. The van der Waals surface area contributed by atoms with Gasteiger partial charge in [-0.15, -0.1) is 0 Å². The van der Waals surface area contributed by atoms with Crippen molar-refractivity contribution in [3.63, 3.8) is 0 Å². The molecule has 0 atom stereocenters. The zero-order chi connectivity index (χ0) is 13.2. The number of nitrogens with zero attached hydrogens (tertiary/aromatic N) is 2. The third-order valence-corrected chi connectivity index (χ3v) is 3.41. The summed E-state index contributed by atoms with van der Waals surface area (Å²) in [6, 6.07) is 14.5. The summed E-state index contributed by atoms with van der Waals surface area (Å²) in [4.78, 5) is 4.64. The molecule has 2 heteroatoms. The van der Waals surface area contributed by atoms with E-state index in [1.54, 1.807) is 0 Å². The monoisotopic (exact) mass is 248 g/mol. The van der Waals surface area contributed by atoms with Crippen LogP contribution >= 0.6 is 0 Å². The van der Waals surface area contributed by atoms with Crippen molar-refractivity contribution in [2.45, 2.75) is 13.8 Å². The second-order valence-corrected chi connectivity index (χ2v) is 4.68. The number of hydrogen-bond donors (Lipinski definition) is 0. The molecule has 0 fully saturated rings. The van der Waals surface area contributed by atoms with Crippen LogP contribution in [0.2, 0.25) is 0 Å². The van der Waals surface area contributed by atoms with E-state index in [1.165, 1.54) is 11.3 Å². The Morgan fingerprint density at radius 1 is 0.947 bits per heavy atom. The van der Waals surface area contributed by atoms with Gasteiger partial charge in [-0.1, -0.05) is 42.5 Å². The molecule has 0 saturated heterocycles. The van der Waals surface area contributed by atoms with Crippen LogP contribution in [-0.2, 0) is 0 Å². The molecule has 0 unspecified atom stereocenters. The Labute approximate surface area is 113 Å². The lowest BCUT2D eigenvalue weighted by molar-refractivity contribution is 1.09. The summed E-state index contributed by atoms with van der Waals surface area (Å²) in [5, 5.41) is 0. The highest BCUT2D eigenvalue weighted by atomic mass is 15.0. The van der Waals surface area contributed by atoms with Crippen LogP contribution < -0.4 is 0 Å². The maximum absolute atomic E-state index is 4.64. The Morgan fingerprint density at radius 3 is 2.53 bits per heavy atom. The third-order valence-electron chi connectivity index (χ3n) is 3.41. The first-order valence-electron chi connectivity index (χ1n) is 6.43. The molecule has 94 valence electrons. The van der Waals surface area contributed by atoms with Crippen LogP contribution in [0.1, 0.15) is 22.5 Å². The predicted octanol–water partition coefficient (Wildman–Crippen LogP) is 4.12. The second kappa shape index (κ2) is 4.73. The molecule has 0 radical (unpaired) electrons. The van der Waals surface area contributed by atoms with Crippen molar-refractivity contribution in [2.75, 3.05) is 0 Å². The van der Waals surface area contributed by atoms with E-state index in [-0.39, 0.29) is 0 Å². The minimum absolute atomic E-state index is 1.02. The van der Waals surface area contributed by atoms with Crippen molar-refractivity contribution in [2.24, 2.45) is 0 Å². The summed E-state index contributed by atoms with van der Waals surface area (Å²) in [7, 11) is 0. The lowest BCUT2D eigenvalue weighted by atomic mass is 10.1. The normalized spacial score (nSPS) is 11.5. The van der Waals surface area contributed by atoms with Gasteiger partial charge in [-0.25, -0.2) is 4.98 Å². The quantitative estimate of drug-likeness (QED) is 0.666. The van der Waals surface area contributed by atoms with Crippen molar-refractivity contribution in [3.8, 4) is 0 Å². The van der Waals surface area contributed by atoms with Crippen LogP contribution in [0.3, 0.4) is 0 Å². The van der Waals surface area contributed by atoms with Gasteiger partial charge in [0, 0.05) is 17.5 Å². The molecule has 19 heavy (non-hydrogen) atoms. The van der Waals surface area contributed by atoms with E-state index in [4.69, 9.17) is 0 Å². The molecule has 0 spiro atoms. The van der Waals surface area contributed by atoms with Gasteiger partial charge in [0.25, 0.3) is 0 Å². The Kier molecular flexibility index (Phi) is 2.92. The fourth-order valence-electron chi connectivity index (χ4n) is 2.20. The molecule has 2 heterocycles. The molecule has 2 aromatic heterocycles. The van der Waals surface area contributed by atoms with E-state index in [9.17, 15) is 0 Å². The van der Waals surface area contributed by atoms with Crippen molar-refractivity contribution in [1.82, 2.24) is 9.38 Å². The van der Waals surface area contributed by atoms with Crippen LogP contribution in [-0.4, -0.2) is 9.38 Å². The molecular formula is C17H16N2. The molecule has 0 saturated carbocycles. The largest absolute Gasteiger partial charge is 0.304 e. The Bertz CT molecular complexity index is 737. The number of pyridine rings is 1. The molecule has 0 aliphatic rings. The van der Waals surface area contributed by atoms with Gasteiger partial charge in [-0.05, 0) is 31.5 Å². The maximum Gasteiger partial charge on any atom is 0.144 e. The van der Waals surface area contributed by atoms with E-state index in [0.29, 0.717) is 0 Å². The molecule has 0 amide bonds. The summed E-state index contributed by atoms with van der Waals surface area (Å²) in [5.74, 6) is 0. The molecular weight excluding hydrogens is 232 g/mol. The van der Waals surface area contributed by atoms with E-state index < -0.39 is 0 Å². The van der Waals surface area contributed by atoms with E-state index in [1.807, 2.05) is 25.1 Å². The van der Waals surface area contributed by atoms with Crippen molar-refractivity contribution in [1.29, 1.82) is 0 Å². The number of aryl methyl sites for hydroxylation is 2. The van der Waals surface area contributed by atoms with Crippen LogP contribution in [0.4, 0.5) is 0 Å². The van der Waals surface area contributed by atoms with Gasteiger partial charge in [0.15, 0.2) is 0 Å². The van der Waals surface area contributed by atoms with Gasteiger partial charge in [0.1, 0.15) is 5.65 Å². The second-order valence-electron chi connectivity index (χ2n) is 4.68. The standard InChI is InChI=1S/C17H16N2/c1-13-14(2)19-12-6-9-16(17(19)18-13)11-10-15-7-4-3-5-8-15/h3-12H,1-2H3/b11-10+. The van der Waals surface area contributed by atoms with Crippen LogP contribution in [0, 0.1) is 13.8 Å². The summed E-state index contributed by atoms with van der Waals surface area (Å²) in [6.45, 7) is 4.15. The molecule has 3 aromatic rings. The number of aromatic nitrogens is 2. The SMILES string of the molecule is Cc1nc2c(/C=C/c3ccccc3)cccn2c1C. The van der Waals surface area contributed by atoms with E-state index in [0.717, 1.165) is 16.9 Å². The van der Waals surface area contributed by atoms with Gasteiger partial charge in [-0.2, -0.15) is 0 Å². The van der Waals surface area contributed by atoms with Gasteiger partial charge >= 0.3 is 0 Å². The van der Waals surface area contributed by atoms with Crippen LogP contribution in [0.15, 0.2) is 48.7 Å². The van der Waals surface area contributed by atoms with Gasteiger partial charge < -0.3 is 4.40 Å². The summed E-state index contributed by atoms with van der Waals surface area (Å²) >= 11 is 0. The summed E-state index contributed by atoms with van der Waals surface area (Å²) in [5.41, 5.74) is 5.64. The van der Waals surface area contributed by atoms with Crippen molar-refractivity contribution in [3.05, 3.63) is 71.2 Å². The topological polar surface area (TPSA) is 17.3 Å².